The average molecular weight is 567 g/mol. The normalized spacial score (nSPS) is 14.3. The molecule has 1 N–H and O–H groups in total. The van der Waals surface area contributed by atoms with Crippen LogP contribution in [0.2, 0.25) is 0 Å². The Hall–Kier alpha value is -2.93. The Kier molecular flexibility index (Phi) is 7.85. The second-order valence-corrected chi connectivity index (χ2v) is 8.68. The summed E-state index contributed by atoms with van der Waals surface area (Å²) in [5.41, 5.74) is 1.51. The number of hydrogen-bond acceptors (Lipinski definition) is 7. The van der Waals surface area contributed by atoms with E-state index in [1.54, 1.807) is 24.3 Å². The molecule has 2 aromatic carbocycles. The molecule has 32 heavy (non-hydrogen) atoms. The lowest BCUT2D eigenvalue weighted by atomic mass is 10.1. The molecule has 11 heteroatoms. The molecule has 0 radical (unpaired) electrons. The number of halogens is 1. The number of non-ortho nitro benzene ring substituents is 1. The number of carbonyl (C=O) groups excluding carboxylic acids is 2. The van der Waals surface area contributed by atoms with Gasteiger partial charge in [0.25, 0.3) is 11.6 Å². The first kappa shape index (κ1) is 23.7. The number of carbonyl (C=O) groups is 2. The lowest BCUT2D eigenvalue weighted by molar-refractivity contribution is -0.384. The second-order valence-electron chi connectivity index (χ2n) is 6.49. The average Bonchev–Trinajstić information content (AvgIpc) is 3.05. The summed E-state index contributed by atoms with van der Waals surface area (Å²) in [4.78, 5) is 37.9. The van der Waals surface area contributed by atoms with Crippen LogP contribution in [0.25, 0.3) is 6.08 Å². The van der Waals surface area contributed by atoms with Gasteiger partial charge in [0.15, 0.2) is 16.7 Å². The van der Waals surface area contributed by atoms with Crippen molar-refractivity contribution in [1.29, 1.82) is 0 Å². The van der Waals surface area contributed by atoms with E-state index in [9.17, 15) is 19.7 Å². The Morgan fingerprint density at radius 1 is 1.28 bits per heavy atom. The Labute approximate surface area is 201 Å². The van der Waals surface area contributed by atoms with Crippen molar-refractivity contribution in [3.05, 3.63) is 66.1 Å². The monoisotopic (exact) mass is 567 g/mol. The van der Waals surface area contributed by atoms with Gasteiger partial charge in [0.05, 0.1) is 20.0 Å². The fourth-order valence-electron chi connectivity index (χ4n) is 2.71. The zero-order chi connectivity index (χ0) is 23.3. The van der Waals surface area contributed by atoms with Crippen LogP contribution in [-0.2, 0) is 16.2 Å². The summed E-state index contributed by atoms with van der Waals surface area (Å²) in [6.45, 7) is 3.81. The highest BCUT2D eigenvalue weighted by atomic mass is 127. The lowest BCUT2D eigenvalue weighted by Gasteiger charge is -2.15. The van der Waals surface area contributed by atoms with Crippen LogP contribution in [0.1, 0.15) is 25.0 Å². The molecular weight excluding hydrogens is 549 g/mol. The zero-order valence-electron chi connectivity index (χ0n) is 17.1. The third kappa shape index (κ3) is 6.07. The fourth-order valence-corrected chi connectivity index (χ4v) is 4.35. The number of ether oxygens (including phenoxy) is 2. The molecule has 166 valence electrons. The zero-order valence-corrected chi connectivity index (χ0v) is 20.1. The van der Waals surface area contributed by atoms with Crippen molar-refractivity contribution in [3.8, 4) is 11.5 Å². The van der Waals surface area contributed by atoms with Gasteiger partial charge in [-0.15, -0.1) is 0 Å². The standard InChI is InChI=1S/C21H18IN3O6S/c1-3-30-17-9-14(10-18-20(27)24-21(32-18)23-12(2)26)8-16(22)19(17)31-11-13-4-6-15(7-5-13)25(28)29/h4-10H,3,11H2,1-2H3,(H,23,24,26,27)/b18-10-. The molecule has 2 amide bonds. The first-order valence-corrected chi connectivity index (χ1v) is 11.3. The molecule has 3 rings (SSSR count). The predicted octanol–water partition coefficient (Wildman–Crippen LogP) is 4.28. The Bertz CT molecular complexity index is 1130. The second kappa shape index (κ2) is 10.6. The van der Waals surface area contributed by atoms with E-state index < -0.39 is 10.8 Å². The van der Waals surface area contributed by atoms with Crippen LogP contribution >= 0.6 is 34.4 Å². The Morgan fingerprint density at radius 3 is 2.62 bits per heavy atom. The molecule has 0 bridgehead atoms. The number of amides is 2. The van der Waals surface area contributed by atoms with Crippen molar-refractivity contribution in [1.82, 2.24) is 5.32 Å². The van der Waals surface area contributed by atoms with E-state index >= 15 is 0 Å². The number of benzene rings is 2. The summed E-state index contributed by atoms with van der Waals surface area (Å²) in [5, 5.41) is 13.6. The smallest absolute Gasteiger partial charge is 0.286 e. The van der Waals surface area contributed by atoms with Crippen molar-refractivity contribution >= 4 is 63.1 Å². The number of aliphatic imine (C=N–C) groups is 1. The van der Waals surface area contributed by atoms with Crippen molar-refractivity contribution < 1.29 is 24.0 Å². The van der Waals surface area contributed by atoms with Crippen LogP contribution < -0.4 is 14.8 Å². The minimum Gasteiger partial charge on any atom is -0.490 e. The van der Waals surface area contributed by atoms with Crippen LogP contribution in [0.15, 0.2) is 46.3 Å². The van der Waals surface area contributed by atoms with Gasteiger partial charge >= 0.3 is 0 Å². The first-order chi connectivity index (χ1) is 15.3. The molecule has 0 fully saturated rings. The largest absolute Gasteiger partial charge is 0.490 e. The number of rotatable bonds is 7. The van der Waals surface area contributed by atoms with E-state index in [4.69, 9.17) is 9.47 Å². The highest BCUT2D eigenvalue weighted by Crippen LogP contribution is 2.37. The molecule has 0 saturated carbocycles. The number of hydrogen-bond donors (Lipinski definition) is 1. The molecule has 0 spiro atoms. The molecular formula is C21H18IN3O6S. The summed E-state index contributed by atoms with van der Waals surface area (Å²) in [5.74, 6) is 0.318. The van der Waals surface area contributed by atoms with E-state index in [2.05, 4.69) is 32.9 Å². The molecule has 0 aromatic heterocycles. The van der Waals surface area contributed by atoms with Crippen molar-refractivity contribution in [2.75, 3.05) is 6.61 Å². The van der Waals surface area contributed by atoms with Gasteiger partial charge in [0, 0.05) is 19.1 Å². The van der Waals surface area contributed by atoms with Crippen LogP contribution in [0.4, 0.5) is 5.69 Å². The van der Waals surface area contributed by atoms with Gasteiger partial charge < -0.3 is 14.8 Å². The van der Waals surface area contributed by atoms with Crippen LogP contribution in [0, 0.1) is 13.7 Å². The third-order valence-corrected chi connectivity index (χ3v) is 5.76. The maximum Gasteiger partial charge on any atom is 0.286 e. The number of amidine groups is 1. The Balaban J connectivity index is 1.80. The SMILES string of the molecule is CCOc1cc(/C=C2\SC(NC(C)=O)=NC2=O)cc(I)c1OCc1ccc([N+](=O)[O-])cc1. The molecule has 0 saturated heterocycles. The van der Waals surface area contributed by atoms with E-state index in [0.29, 0.717) is 23.0 Å². The maximum absolute atomic E-state index is 12.1. The summed E-state index contributed by atoms with van der Waals surface area (Å²) in [6, 6.07) is 9.73. The van der Waals surface area contributed by atoms with Gasteiger partial charge in [0.2, 0.25) is 5.91 Å². The minimum absolute atomic E-state index is 0.0145. The molecule has 0 aliphatic carbocycles. The van der Waals surface area contributed by atoms with Gasteiger partial charge in [-0.2, -0.15) is 4.99 Å². The molecule has 1 heterocycles. The van der Waals surface area contributed by atoms with Gasteiger partial charge in [-0.3, -0.25) is 19.7 Å². The van der Waals surface area contributed by atoms with Crippen molar-refractivity contribution in [3.63, 3.8) is 0 Å². The van der Waals surface area contributed by atoms with Gasteiger partial charge in [-0.05, 0) is 82.7 Å². The predicted molar refractivity (Wildman–Crippen MR) is 130 cm³/mol. The minimum atomic E-state index is -0.453. The molecule has 1 aliphatic heterocycles. The van der Waals surface area contributed by atoms with E-state index in [0.717, 1.165) is 26.5 Å². The highest BCUT2D eigenvalue weighted by Gasteiger charge is 2.23. The molecule has 0 atom stereocenters. The third-order valence-electron chi connectivity index (χ3n) is 4.06. The number of nitro groups is 1. The summed E-state index contributed by atoms with van der Waals surface area (Å²) < 4.78 is 12.4. The topological polar surface area (TPSA) is 120 Å². The van der Waals surface area contributed by atoms with E-state index in [-0.39, 0.29) is 23.4 Å². The van der Waals surface area contributed by atoms with Crippen LogP contribution in [0.5, 0.6) is 11.5 Å². The Morgan fingerprint density at radius 2 is 2.00 bits per heavy atom. The summed E-state index contributed by atoms with van der Waals surface area (Å²) in [7, 11) is 0. The number of nitrogens with one attached hydrogen (secondary N) is 1. The van der Waals surface area contributed by atoms with Crippen molar-refractivity contribution in [2.45, 2.75) is 20.5 Å². The fraction of sp³-hybridized carbons (Fsp3) is 0.190. The van der Waals surface area contributed by atoms with E-state index in [1.807, 2.05) is 13.0 Å². The number of nitro benzene ring substituents is 1. The van der Waals surface area contributed by atoms with Gasteiger partial charge in [-0.25, -0.2) is 0 Å². The van der Waals surface area contributed by atoms with E-state index in [1.165, 1.54) is 19.1 Å². The van der Waals surface area contributed by atoms with Crippen LogP contribution in [0.3, 0.4) is 0 Å². The maximum atomic E-state index is 12.1. The summed E-state index contributed by atoms with van der Waals surface area (Å²) in [6.07, 6.45) is 1.68. The number of thioether (sulfide) groups is 1. The van der Waals surface area contributed by atoms with Crippen molar-refractivity contribution in [2.24, 2.45) is 4.99 Å². The highest BCUT2D eigenvalue weighted by molar-refractivity contribution is 14.1. The van der Waals surface area contributed by atoms with Gasteiger partial charge in [-0.1, -0.05) is 0 Å². The first-order valence-electron chi connectivity index (χ1n) is 9.39. The molecule has 0 unspecified atom stereocenters. The van der Waals surface area contributed by atoms with Gasteiger partial charge in [0.1, 0.15) is 6.61 Å². The lowest BCUT2D eigenvalue weighted by Crippen LogP contribution is -2.23. The molecule has 1 aliphatic rings. The van der Waals surface area contributed by atoms with Crippen LogP contribution in [-0.4, -0.2) is 28.5 Å². The molecule has 2 aromatic rings. The summed E-state index contributed by atoms with van der Waals surface area (Å²) >= 11 is 3.21. The molecule has 9 nitrogen and oxygen atoms in total. The quantitative estimate of drug-likeness (QED) is 0.230. The number of nitrogens with zero attached hydrogens (tertiary/aromatic N) is 2.